The van der Waals surface area contributed by atoms with Crippen LogP contribution in [0.3, 0.4) is 0 Å². The number of carboxylic acid groups (broad SMARTS) is 1. The van der Waals surface area contributed by atoms with Crippen molar-refractivity contribution in [3.8, 4) is 17.1 Å². The van der Waals surface area contributed by atoms with Crippen molar-refractivity contribution in [2.45, 2.75) is 56.6 Å². The first kappa shape index (κ1) is 30.3. The van der Waals surface area contributed by atoms with Gasteiger partial charge in [0.2, 0.25) is 11.8 Å². The number of sulfonamides is 1. The molecule has 0 spiro atoms. The number of nitrogens with two attached hydrogens (primary N) is 1. The summed E-state index contributed by atoms with van der Waals surface area (Å²) in [6.07, 6.45) is 4.64. The fourth-order valence-electron chi connectivity index (χ4n) is 4.42. The number of nitrogens with zero attached hydrogens (tertiary/aromatic N) is 2. The predicted molar refractivity (Wildman–Crippen MR) is 150 cm³/mol. The van der Waals surface area contributed by atoms with Crippen LogP contribution >= 0.6 is 12.4 Å². The van der Waals surface area contributed by atoms with E-state index in [1.54, 1.807) is 6.07 Å². The van der Waals surface area contributed by atoms with Crippen LogP contribution in [0.15, 0.2) is 53.4 Å². The summed E-state index contributed by atoms with van der Waals surface area (Å²) >= 11 is 0. The molecule has 1 aliphatic rings. The normalized spacial score (nSPS) is 14.4. The molecule has 2 aromatic carbocycles. The quantitative estimate of drug-likeness (QED) is 0.302. The summed E-state index contributed by atoms with van der Waals surface area (Å²) in [5.41, 5.74) is 9.22. The molecule has 0 unspecified atom stereocenters. The van der Waals surface area contributed by atoms with E-state index in [-0.39, 0.29) is 47.4 Å². The lowest BCUT2D eigenvalue weighted by Crippen LogP contribution is -2.34. The Bertz CT molecular complexity index is 1390. The maximum Gasteiger partial charge on any atom is 0.335 e. The lowest BCUT2D eigenvalue weighted by atomic mass is 10.00. The first-order chi connectivity index (χ1) is 18.1. The smallest absolute Gasteiger partial charge is 0.335 e. The zero-order valence-electron chi connectivity index (χ0n) is 21.8. The molecule has 1 fully saturated rings. The van der Waals surface area contributed by atoms with E-state index in [4.69, 9.17) is 15.2 Å². The number of benzene rings is 2. The Morgan fingerprint density at radius 1 is 1.08 bits per heavy atom. The highest BCUT2D eigenvalue weighted by Gasteiger charge is 2.21. The van der Waals surface area contributed by atoms with Gasteiger partial charge >= 0.3 is 5.97 Å². The Morgan fingerprint density at radius 2 is 1.74 bits per heavy atom. The molecule has 4 rings (SSSR count). The van der Waals surface area contributed by atoms with Crippen LogP contribution in [-0.4, -0.2) is 54.8 Å². The summed E-state index contributed by atoms with van der Waals surface area (Å²) in [6.45, 7) is 4.33. The maximum absolute atomic E-state index is 13.1. The van der Waals surface area contributed by atoms with E-state index < -0.39 is 22.0 Å². The van der Waals surface area contributed by atoms with Crippen molar-refractivity contribution < 1.29 is 27.8 Å². The van der Waals surface area contributed by atoms with E-state index in [9.17, 15) is 18.3 Å². The van der Waals surface area contributed by atoms with Crippen LogP contribution in [0.1, 0.15) is 47.2 Å². The summed E-state index contributed by atoms with van der Waals surface area (Å²) in [4.78, 5) is 19.8. The van der Waals surface area contributed by atoms with Crippen molar-refractivity contribution in [1.29, 1.82) is 0 Å². The number of ether oxygens (including phenoxy) is 2. The highest BCUT2D eigenvalue weighted by Crippen LogP contribution is 2.29. The van der Waals surface area contributed by atoms with Gasteiger partial charge in [-0.05, 0) is 56.0 Å². The minimum absolute atomic E-state index is 0. The molecule has 39 heavy (non-hydrogen) atoms. The molecule has 0 amide bonds. The highest BCUT2D eigenvalue weighted by atomic mass is 35.5. The van der Waals surface area contributed by atoms with Crippen molar-refractivity contribution in [3.05, 3.63) is 65.2 Å². The van der Waals surface area contributed by atoms with Gasteiger partial charge in [0.15, 0.2) is 0 Å². The van der Waals surface area contributed by atoms with Crippen LogP contribution < -0.4 is 15.2 Å². The molecule has 1 heterocycles. The van der Waals surface area contributed by atoms with E-state index in [2.05, 4.69) is 14.7 Å². The van der Waals surface area contributed by atoms with Crippen LogP contribution in [0, 0.1) is 13.8 Å². The number of carboxylic acids is 1. The zero-order chi connectivity index (χ0) is 27.3. The lowest BCUT2D eigenvalue weighted by molar-refractivity contribution is 0.0407. The topological polar surface area (TPSA) is 154 Å². The molecule has 3 aromatic rings. The third-order valence-electron chi connectivity index (χ3n) is 6.35. The molecule has 4 N–H and O–H groups in total. The molecule has 1 aliphatic carbocycles. The average molecular weight is 577 g/mol. The molecule has 210 valence electrons. The SMILES string of the molecule is Cc1cccc(C)c1-c1cc(OC[C@H](N)COC2CCCC2)nc(NS(=O)(=O)c2cccc(C(=O)O)c2)n1.Cl. The summed E-state index contributed by atoms with van der Waals surface area (Å²) in [6, 6.07) is 12.1. The van der Waals surface area contributed by atoms with Gasteiger partial charge in [-0.25, -0.2) is 22.9 Å². The monoisotopic (exact) mass is 576 g/mol. The van der Waals surface area contributed by atoms with Crippen molar-refractivity contribution in [3.63, 3.8) is 0 Å². The largest absolute Gasteiger partial charge is 0.478 e. The summed E-state index contributed by atoms with van der Waals surface area (Å²) in [7, 11) is -4.19. The minimum atomic E-state index is -4.19. The highest BCUT2D eigenvalue weighted by molar-refractivity contribution is 7.92. The number of carbonyl (C=O) groups is 1. The fourth-order valence-corrected chi connectivity index (χ4v) is 5.41. The first-order valence-corrected chi connectivity index (χ1v) is 13.9. The molecule has 0 saturated heterocycles. The summed E-state index contributed by atoms with van der Waals surface area (Å²) < 4.78 is 40.3. The number of aromatic carboxylic acids is 1. The Labute approximate surface area is 234 Å². The number of aryl methyl sites for hydroxylation is 2. The summed E-state index contributed by atoms with van der Waals surface area (Å²) in [5.74, 6) is -1.30. The van der Waals surface area contributed by atoms with Crippen molar-refractivity contribution >= 4 is 34.3 Å². The number of nitrogens with one attached hydrogen (secondary N) is 1. The van der Waals surface area contributed by atoms with Gasteiger partial charge in [-0.15, -0.1) is 12.4 Å². The molecule has 10 nitrogen and oxygen atoms in total. The second-order valence-electron chi connectivity index (χ2n) is 9.43. The Hall–Kier alpha value is -3.25. The van der Waals surface area contributed by atoms with Crippen LogP contribution in [0.5, 0.6) is 5.88 Å². The van der Waals surface area contributed by atoms with E-state index in [0.29, 0.717) is 12.3 Å². The molecular weight excluding hydrogens is 544 g/mol. The number of hydrogen-bond acceptors (Lipinski definition) is 8. The van der Waals surface area contributed by atoms with E-state index in [1.165, 1.54) is 18.2 Å². The van der Waals surface area contributed by atoms with Gasteiger partial charge in [-0.3, -0.25) is 0 Å². The van der Waals surface area contributed by atoms with Gasteiger partial charge < -0.3 is 20.3 Å². The van der Waals surface area contributed by atoms with Gasteiger partial charge in [-0.1, -0.05) is 37.1 Å². The van der Waals surface area contributed by atoms with Gasteiger partial charge in [0.1, 0.15) is 6.61 Å². The van der Waals surface area contributed by atoms with Crippen LogP contribution in [0.4, 0.5) is 5.95 Å². The minimum Gasteiger partial charge on any atom is -0.478 e. The Morgan fingerprint density at radius 3 is 2.41 bits per heavy atom. The van der Waals surface area contributed by atoms with Crippen LogP contribution in [-0.2, 0) is 14.8 Å². The fraction of sp³-hybridized carbons (Fsp3) is 0.370. The number of hydrogen-bond donors (Lipinski definition) is 3. The number of anilines is 1. The zero-order valence-corrected chi connectivity index (χ0v) is 23.4. The number of aromatic nitrogens is 2. The maximum atomic E-state index is 13.1. The molecule has 1 aromatic heterocycles. The molecule has 0 bridgehead atoms. The standard InChI is InChI=1S/C27H32N4O6S.ClH/c1-17-7-5-8-18(2)25(17)23-14-24(37-16-20(28)15-36-21-10-3-4-11-21)30-27(29-23)31-38(34,35)22-12-6-9-19(13-22)26(32)33;/h5-9,12-14,20-21H,3-4,10-11,15-16,28H2,1-2H3,(H,32,33)(H,29,30,31);1H/t20-;/m1./s1. The van der Waals surface area contributed by atoms with Gasteiger partial charge in [0.05, 0.1) is 34.9 Å². The summed E-state index contributed by atoms with van der Waals surface area (Å²) in [5, 5.41) is 9.24. The third kappa shape index (κ3) is 7.89. The van der Waals surface area contributed by atoms with Gasteiger partial charge in [0, 0.05) is 11.6 Å². The Balaban J connectivity index is 0.00000420. The van der Waals surface area contributed by atoms with Gasteiger partial charge in [0.25, 0.3) is 10.0 Å². The Kier molecular flexibility index (Phi) is 10.3. The second kappa shape index (κ2) is 13.2. The van der Waals surface area contributed by atoms with Crippen molar-refractivity contribution in [1.82, 2.24) is 9.97 Å². The lowest BCUT2D eigenvalue weighted by Gasteiger charge is -2.17. The average Bonchev–Trinajstić information content (AvgIpc) is 3.40. The number of rotatable bonds is 11. The molecule has 12 heteroatoms. The van der Waals surface area contributed by atoms with E-state index in [1.807, 2.05) is 32.0 Å². The molecular formula is C27H33ClN4O6S. The second-order valence-corrected chi connectivity index (χ2v) is 11.1. The third-order valence-corrected chi connectivity index (χ3v) is 7.68. The molecule has 1 atom stereocenters. The van der Waals surface area contributed by atoms with E-state index in [0.717, 1.165) is 48.4 Å². The molecule has 1 saturated carbocycles. The van der Waals surface area contributed by atoms with Gasteiger partial charge in [-0.2, -0.15) is 4.98 Å². The predicted octanol–water partition coefficient (Wildman–Crippen LogP) is 4.35. The molecule has 0 aliphatic heterocycles. The van der Waals surface area contributed by atoms with Crippen molar-refractivity contribution in [2.24, 2.45) is 5.73 Å². The van der Waals surface area contributed by atoms with Crippen LogP contribution in [0.25, 0.3) is 11.3 Å². The van der Waals surface area contributed by atoms with Crippen molar-refractivity contribution in [2.75, 3.05) is 17.9 Å². The molecule has 0 radical (unpaired) electrons. The first-order valence-electron chi connectivity index (χ1n) is 12.4. The van der Waals surface area contributed by atoms with E-state index >= 15 is 0 Å². The van der Waals surface area contributed by atoms with Crippen LogP contribution in [0.2, 0.25) is 0 Å². The number of halogens is 1.